The number of pyridine rings is 1. The Morgan fingerprint density at radius 1 is 1.22 bits per heavy atom. The van der Waals surface area contributed by atoms with Crippen LogP contribution in [0.1, 0.15) is 29.8 Å². The molecule has 6 rings (SSSR count). The molecule has 3 atom stereocenters. The van der Waals surface area contributed by atoms with E-state index < -0.39 is 0 Å². The predicted molar refractivity (Wildman–Crippen MR) is 121 cm³/mol. The third-order valence-electron chi connectivity index (χ3n) is 7.00. The lowest BCUT2D eigenvalue weighted by molar-refractivity contribution is 0.434. The van der Waals surface area contributed by atoms with E-state index in [4.69, 9.17) is 20.4 Å². The molecule has 8 heteroatoms. The molecule has 3 heterocycles. The van der Waals surface area contributed by atoms with Crippen LogP contribution in [-0.4, -0.2) is 40.6 Å². The number of nitrogens with one attached hydrogen (secondary N) is 1. The maximum Gasteiger partial charge on any atom is 0.324 e. The van der Waals surface area contributed by atoms with Gasteiger partial charge in [0.15, 0.2) is 0 Å². The average Bonchev–Trinajstić information content (AvgIpc) is 3.46. The summed E-state index contributed by atoms with van der Waals surface area (Å²) in [6, 6.07) is 7.74. The molecule has 0 radical (unpaired) electrons. The highest BCUT2D eigenvalue weighted by atomic mass is 19.1. The van der Waals surface area contributed by atoms with Gasteiger partial charge in [-0.05, 0) is 61.1 Å². The van der Waals surface area contributed by atoms with Gasteiger partial charge in [-0.2, -0.15) is 9.97 Å². The van der Waals surface area contributed by atoms with Gasteiger partial charge >= 0.3 is 6.01 Å². The number of rotatable bonds is 4. The molecule has 3 N–H and O–H groups in total. The first-order valence-corrected chi connectivity index (χ1v) is 11.0. The zero-order valence-corrected chi connectivity index (χ0v) is 18.1. The Labute approximate surface area is 185 Å². The van der Waals surface area contributed by atoms with Gasteiger partial charge in [-0.1, -0.05) is 0 Å². The molecule has 2 fully saturated rings. The number of hydrogen-bond donors (Lipinski definition) is 2. The summed E-state index contributed by atoms with van der Waals surface area (Å²) in [4.78, 5) is 16.2. The molecule has 3 aromatic rings. The zero-order chi connectivity index (χ0) is 22.0. The molecule has 32 heavy (non-hydrogen) atoms. The van der Waals surface area contributed by atoms with E-state index in [1.807, 2.05) is 26.1 Å². The van der Waals surface area contributed by atoms with E-state index >= 15 is 0 Å². The van der Waals surface area contributed by atoms with E-state index in [-0.39, 0.29) is 17.9 Å². The number of piperidine rings is 1. The molecule has 0 amide bonds. The molecule has 164 valence electrons. The summed E-state index contributed by atoms with van der Waals surface area (Å²) in [7, 11) is 1.81. The molecular weight excluding hydrogens is 407 g/mol. The van der Waals surface area contributed by atoms with Crippen LogP contribution in [0.4, 0.5) is 15.9 Å². The molecule has 1 saturated carbocycles. The number of benzene rings is 1. The number of aryl methyl sites for hydroxylation is 1. The van der Waals surface area contributed by atoms with Crippen LogP contribution in [-0.2, 0) is 6.42 Å². The standard InChI is InChI=1S/C24H25FN6O/c1-12-3-4-16(10-28-12)32-24-29-21-9-17-18(6-14(25)7-20(17)27-2)22(21)23(30-24)31-11-13-5-15(31)8-19(13)26/h3-4,6-7,10,13,15,19,27H,5,8-9,11,26H2,1-2H3/t13-,15?,19-/m1/s1. The van der Waals surface area contributed by atoms with Crippen LogP contribution in [0.3, 0.4) is 0 Å². The van der Waals surface area contributed by atoms with Crippen LogP contribution < -0.4 is 20.7 Å². The van der Waals surface area contributed by atoms with E-state index in [2.05, 4.69) is 15.2 Å². The minimum Gasteiger partial charge on any atom is -0.423 e. The van der Waals surface area contributed by atoms with Crippen molar-refractivity contribution in [3.63, 3.8) is 0 Å². The quantitative estimate of drug-likeness (QED) is 0.509. The largest absolute Gasteiger partial charge is 0.423 e. The maximum absolute atomic E-state index is 14.5. The fourth-order valence-electron chi connectivity index (χ4n) is 5.44. The number of aromatic nitrogens is 3. The molecular formula is C24H25FN6O. The number of anilines is 2. The lowest BCUT2D eigenvalue weighted by Crippen LogP contribution is -2.41. The highest BCUT2D eigenvalue weighted by molar-refractivity contribution is 5.88. The van der Waals surface area contributed by atoms with Crippen LogP contribution in [0.25, 0.3) is 11.1 Å². The van der Waals surface area contributed by atoms with Crippen molar-refractivity contribution in [2.45, 2.75) is 38.3 Å². The molecule has 2 aliphatic carbocycles. The van der Waals surface area contributed by atoms with Gasteiger partial charge in [0.25, 0.3) is 0 Å². The van der Waals surface area contributed by atoms with Crippen molar-refractivity contribution < 1.29 is 9.13 Å². The summed E-state index contributed by atoms with van der Waals surface area (Å²) in [5.41, 5.74) is 11.6. The van der Waals surface area contributed by atoms with Crippen LogP contribution >= 0.6 is 0 Å². The van der Waals surface area contributed by atoms with Gasteiger partial charge in [0, 0.05) is 49.0 Å². The first-order valence-electron chi connectivity index (χ1n) is 11.0. The van der Waals surface area contributed by atoms with Crippen molar-refractivity contribution in [3.05, 3.63) is 53.2 Å². The van der Waals surface area contributed by atoms with Crippen molar-refractivity contribution in [2.24, 2.45) is 11.7 Å². The van der Waals surface area contributed by atoms with Gasteiger partial charge in [-0.15, -0.1) is 0 Å². The Morgan fingerprint density at radius 2 is 2.09 bits per heavy atom. The van der Waals surface area contributed by atoms with Gasteiger partial charge in [0.05, 0.1) is 11.9 Å². The van der Waals surface area contributed by atoms with E-state index in [1.54, 1.807) is 12.3 Å². The summed E-state index contributed by atoms with van der Waals surface area (Å²) in [5.74, 6) is 1.58. The third kappa shape index (κ3) is 3.01. The monoisotopic (exact) mass is 432 g/mol. The smallest absolute Gasteiger partial charge is 0.324 e. The van der Waals surface area contributed by atoms with E-state index in [9.17, 15) is 4.39 Å². The van der Waals surface area contributed by atoms with E-state index in [0.717, 1.165) is 59.0 Å². The second-order valence-electron chi connectivity index (χ2n) is 9.00. The zero-order valence-electron chi connectivity index (χ0n) is 18.1. The second kappa shape index (κ2) is 7.13. The SMILES string of the molecule is CNc1cc(F)cc2c1Cc1nc(Oc3ccc(C)nc3)nc(N3C[C@H]4CC3C[C@H]4N)c1-2. The van der Waals surface area contributed by atoms with Crippen molar-refractivity contribution in [1.82, 2.24) is 15.0 Å². The van der Waals surface area contributed by atoms with E-state index in [1.165, 1.54) is 6.07 Å². The number of nitrogens with two attached hydrogens (primary N) is 1. The summed E-state index contributed by atoms with van der Waals surface area (Å²) < 4.78 is 20.5. The van der Waals surface area contributed by atoms with Crippen molar-refractivity contribution in [3.8, 4) is 22.9 Å². The molecule has 2 aromatic heterocycles. The molecule has 1 saturated heterocycles. The second-order valence-corrected chi connectivity index (χ2v) is 9.00. The Hall–Kier alpha value is -3.26. The summed E-state index contributed by atoms with van der Waals surface area (Å²) in [6.45, 7) is 2.78. The van der Waals surface area contributed by atoms with Gasteiger partial charge in [-0.3, -0.25) is 4.98 Å². The van der Waals surface area contributed by atoms with Gasteiger partial charge < -0.3 is 20.7 Å². The van der Waals surface area contributed by atoms with Crippen LogP contribution in [0.2, 0.25) is 0 Å². The Kier molecular flexibility index (Phi) is 4.33. The van der Waals surface area contributed by atoms with Crippen LogP contribution in [0.5, 0.6) is 11.8 Å². The fourth-order valence-corrected chi connectivity index (χ4v) is 5.44. The van der Waals surface area contributed by atoms with Gasteiger partial charge in [-0.25, -0.2) is 4.39 Å². The average molecular weight is 433 g/mol. The summed E-state index contributed by atoms with van der Waals surface area (Å²) in [5, 5.41) is 3.13. The van der Waals surface area contributed by atoms with Crippen molar-refractivity contribution in [1.29, 1.82) is 0 Å². The Morgan fingerprint density at radius 3 is 2.78 bits per heavy atom. The Balaban J connectivity index is 1.48. The van der Waals surface area contributed by atoms with Gasteiger partial charge in [0.1, 0.15) is 17.4 Å². The van der Waals surface area contributed by atoms with E-state index in [0.29, 0.717) is 24.1 Å². The fraction of sp³-hybridized carbons (Fsp3) is 0.375. The number of hydrogen-bond acceptors (Lipinski definition) is 7. The maximum atomic E-state index is 14.5. The summed E-state index contributed by atoms with van der Waals surface area (Å²) in [6.07, 6.45) is 4.28. The highest BCUT2D eigenvalue weighted by Gasteiger charge is 2.45. The molecule has 0 spiro atoms. The highest BCUT2D eigenvalue weighted by Crippen LogP contribution is 2.48. The lowest BCUT2D eigenvalue weighted by Gasteiger charge is -2.32. The lowest BCUT2D eigenvalue weighted by atomic mass is 10.0. The number of ether oxygens (including phenoxy) is 1. The number of nitrogens with zero attached hydrogens (tertiary/aromatic N) is 4. The number of halogens is 1. The molecule has 1 aromatic carbocycles. The van der Waals surface area contributed by atoms with Crippen molar-refractivity contribution >= 4 is 11.5 Å². The van der Waals surface area contributed by atoms with Gasteiger partial charge in [0.2, 0.25) is 0 Å². The van der Waals surface area contributed by atoms with Crippen LogP contribution in [0, 0.1) is 18.7 Å². The molecule has 1 unspecified atom stereocenters. The van der Waals surface area contributed by atoms with Crippen molar-refractivity contribution in [2.75, 3.05) is 23.8 Å². The minimum atomic E-state index is -0.275. The predicted octanol–water partition coefficient (Wildman–Crippen LogP) is 3.65. The molecule has 1 aliphatic heterocycles. The Bertz CT molecular complexity index is 1210. The first kappa shape index (κ1) is 19.4. The molecule has 2 bridgehead atoms. The molecule has 3 aliphatic rings. The minimum absolute atomic E-state index is 0.237. The third-order valence-corrected chi connectivity index (χ3v) is 7.00. The first-order chi connectivity index (χ1) is 15.5. The molecule has 7 nitrogen and oxygen atoms in total. The topological polar surface area (TPSA) is 89.2 Å². The number of fused-ring (bicyclic) bond motifs is 5. The summed E-state index contributed by atoms with van der Waals surface area (Å²) >= 11 is 0. The normalized spacial score (nSPS) is 22.8. The van der Waals surface area contributed by atoms with Crippen LogP contribution in [0.15, 0.2) is 30.5 Å².